The predicted octanol–water partition coefficient (Wildman–Crippen LogP) is 3.84. The summed E-state index contributed by atoms with van der Waals surface area (Å²) in [6.07, 6.45) is 0.450. The van der Waals surface area contributed by atoms with Gasteiger partial charge in [-0.05, 0) is 34.9 Å². The molecule has 3 heterocycles. The lowest BCUT2D eigenvalue weighted by atomic mass is 9.86. The van der Waals surface area contributed by atoms with E-state index in [9.17, 15) is 14.4 Å². The average Bonchev–Trinajstić information content (AvgIpc) is 3.29. The molecule has 1 N–H and O–H groups in total. The van der Waals surface area contributed by atoms with Crippen molar-refractivity contribution >= 4 is 28.7 Å². The Hall–Kier alpha value is -4.39. The fourth-order valence-electron chi connectivity index (χ4n) is 5.53. The van der Waals surface area contributed by atoms with Gasteiger partial charge in [0.15, 0.2) is 0 Å². The van der Waals surface area contributed by atoms with Crippen LogP contribution in [-0.2, 0) is 27.3 Å². The largest absolute Gasteiger partial charge is 0.465 e. The van der Waals surface area contributed by atoms with Crippen LogP contribution in [0, 0.1) is 0 Å². The Balaban J connectivity index is 1.44. The number of benzene rings is 3. The lowest BCUT2D eigenvalue weighted by Crippen LogP contribution is -2.62. The van der Waals surface area contributed by atoms with Crippen LogP contribution in [0.15, 0.2) is 78.9 Å². The second-order valence-electron chi connectivity index (χ2n) is 9.28. The third-order valence-corrected chi connectivity index (χ3v) is 7.21. The second-order valence-corrected chi connectivity index (χ2v) is 9.28. The molecule has 2 atom stereocenters. The zero-order valence-electron chi connectivity index (χ0n) is 19.8. The molecule has 0 spiro atoms. The first kappa shape index (κ1) is 22.1. The molecular formula is C29H25N3O4. The molecule has 1 saturated heterocycles. The van der Waals surface area contributed by atoms with Crippen LogP contribution in [0.5, 0.6) is 0 Å². The van der Waals surface area contributed by atoms with E-state index in [2.05, 4.69) is 11.1 Å². The van der Waals surface area contributed by atoms with Gasteiger partial charge in [0.05, 0.1) is 18.7 Å². The Morgan fingerprint density at radius 2 is 1.69 bits per heavy atom. The van der Waals surface area contributed by atoms with Gasteiger partial charge in [-0.15, -0.1) is 0 Å². The molecule has 1 unspecified atom stereocenters. The summed E-state index contributed by atoms with van der Waals surface area (Å²) in [4.78, 5) is 46.3. The molecule has 180 valence electrons. The number of piperazine rings is 1. The summed E-state index contributed by atoms with van der Waals surface area (Å²) in [5, 5.41) is 1.06. The van der Waals surface area contributed by atoms with Gasteiger partial charge in [-0.2, -0.15) is 0 Å². The van der Waals surface area contributed by atoms with Gasteiger partial charge in [0.25, 0.3) is 0 Å². The van der Waals surface area contributed by atoms with Crippen LogP contribution in [0.1, 0.15) is 38.8 Å². The van der Waals surface area contributed by atoms with Gasteiger partial charge in [-0.25, -0.2) is 4.79 Å². The number of hydrogen-bond acceptors (Lipinski definition) is 4. The number of hydrogen-bond donors (Lipinski definition) is 1. The fourth-order valence-corrected chi connectivity index (χ4v) is 5.53. The molecule has 4 aromatic rings. The first-order chi connectivity index (χ1) is 17.5. The number of amides is 2. The van der Waals surface area contributed by atoms with Crippen molar-refractivity contribution in [2.45, 2.75) is 25.0 Å². The minimum atomic E-state index is -0.605. The third-order valence-electron chi connectivity index (χ3n) is 7.21. The maximum atomic E-state index is 13.8. The standard InChI is InChI=1S/C29H25N3O4/c1-36-29(35)20-13-11-19(12-14-20)27-26-22(21-9-5-6-10-23(21)30-26)15-24-28(34)31(17-25(33)32(24)27)16-18-7-3-2-4-8-18/h2-14,24,27,30H,15-17H2,1H3/t24-,27?/m1/s1. The van der Waals surface area contributed by atoms with Gasteiger partial charge >= 0.3 is 5.97 Å². The monoisotopic (exact) mass is 479 g/mol. The quantitative estimate of drug-likeness (QED) is 0.451. The molecule has 0 aliphatic carbocycles. The van der Waals surface area contributed by atoms with Crippen molar-refractivity contribution in [3.8, 4) is 0 Å². The van der Waals surface area contributed by atoms with E-state index in [1.54, 1.807) is 21.9 Å². The van der Waals surface area contributed by atoms with Crippen LogP contribution in [0.2, 0.25) is 0 Å². The zero-order chi connectivity index (χ0) is 24.8. The number of aromatic amines is 1. The van der Waals surface area contributed by atoms with Crippen molar-refractivity contribution in [2.75, 3.05) is 13.7 Å². The van der Waals surface area contributed by atoms with Crippen LogP contribution < -0.4 is 0 Å². The van der Waals surface area contributed by atoms with Crippen LogP contribution in [0.4, 0.5) is 0 Å². The Morgan fingerprint density at radius 1 is 0.972 bits per heavy atom. The molecule has 7 heteroatoms. The summed E-state index contributed by atoms with van der Waals surface area (Å²) in [6.45, 7) is 0.422. The number of H-pyrrole nitrogens is 1. The molecule has 0 radical (unpaired) electrons. The fraction of sp³-hybridized carbons (Fsp3) is 0.207. The van der Waals surface area contributed by atoms with Crippen molar-refractivity contribution in [3.63, 3.8) is 0 Å². The summed E-state index contributed by atoms with van der Waals surface area (Å²) in [7, 11) is 1.35. The van der Waals surface area contributed by atoms with E-state index in [1.807, 2.05) is 60.7 Å². The average molecular weight is 480 g/mol. The van der Waals surface area contributed by atoms with Gasteiger partial charge in [-0.3, -0.25) is 9.59 Å². The van der Waals surface area contributed by atoms with Crippen LogP contribution in [-0.4, -0.2) is 52.3 Å². The topological polar surface area (TPSA) is 82.7 Å². The SMILES string of the molecule is COC(=O)c1ccc(C2c3[nH]c4ccccc4c3C[C@@H]3C(=O)N(Cc4ccccc4)CC(=O)N23)cc1. The zero-order valence-corrected chi connectivity index (χ0v) is 19.8. The number of ether oxygens (including phenoxy) is 1. The van der Waals surface area contributed by atoms with Gasteiger partial charge in [-0.1, -0.05) is 60.7 Å². The molecule has 2 aliphatic rings. The number of methoxy groups -OCH3 is 1. The molecule has 6 rings (SSSR count). The number of para-hydroxylation sites is 1. The molecule has 7 nitrogen and oxygen atoms in total. The summed E-state index contributed by atoms with van der Waals surface area (Å²) < 4.78 is 4.84. The Morgan fingerprint density at radius 3 is 2.44 bits per heavy atom. The molecular weight excluding hydrogens is 454 g/mol. The number of fused-ring (bicyclic) bond motifs is 4. The number of nitrogens with one attached hydrogen (secondary N) is 1. The minimum absolute atomic E-state index is 0.0243. The van der Waals surface area contributed by atoms with Crippen molar-refractivity contribution in [1.29, 1.82) is 0 Å². The Bertz CT molecular complexity index is 1480. The van der Waals surface area contributed by atoms with E-state index in [0.717, 1.165) is 33.3 Å². The summed E-state index contributed by atoms with van der Waals surface area (Å²) >= 11 is 0. The molecule has 2 amide bonds. The number of carbonyl (C=O) groups excluding carboxylic acids is 3. The van der Waals surface area contributed by atoms with Gasteiger partial charge in [0, 0.05) is 29.6 Å². The first-order valence-electron chi connectivity index (χ1n) is 12.0. The maximum absolute atomic E-state index is 13.8. The van der Waals surface area contributed by atoms with E-state index < -0.39 is 18.1 Å². The number of rotatable bonds is 4. The van der Waals surface area contributed by atoms with E-state index in [0.29, 0.717) is 18.5 Å². The number of nitrogens with zero attached hydrogens (tertiary/aromatic N) is 2. The predicted molar refractivity (Wildman–Crippen MR) is 134 cm³/mol. The first-order valence-corrected chi connectivity index (χ1v) is 12.0. The lowest BCUT2D eigenvalue weighted by Gasteiger charge is -2.47. The highest BCUT2D eigenvalue weighted by Gasteiger charge is 2.48. The molecule has 0 saturated carbocycles. The van der Waals surface area contributed by atoms with Crippen molar-refractivity contribution in [1.82, 2.24) is 14.8 Å². The summed E-state index contributed by atoms with van der Waals surface area (Å²) in [5.41, 5.74) is 5.19. The van der Waals surface area contributed by atoms with Crippen molar-refractivity contribution in [2.24, 2.45) is 0 Å². The highest BCUT2D eigenvalue weighted by Crippen LogP contribution is 2.42. The van der Waals surface area contributed by atoms with Gasteiger partial charge in [0.1, 0.15) is 12.6 Å². The normalized spacial score (nSPS) is 19.2. The number of aromatic nitrogens is 1. The highest BCUT2D eigenvalue weighted by atomic mass is 16.5. The maximum Gasteiger partial charge on any atom is 0.337 e. The smallest absolute Gasteiger partial charge is 0.337 e. The van der Waals surface area contributed by atoms with Crippen molar-refractivity contribution in [3.05, 3.63) is 107 Å². The van der Waals surface area contributed by atoms with E-state index in [-0.39, 0.29) is 18.4 Å². The van der Waals surface area contributed by atoms with Crippen LogP contribution in [0.3, 0.4) is 0 Å². The molecule has 3 aromatic carbocycles. The lowest BCUT2D eigenvalue weighted by molar-refractivity contribution is -0.159. The van der Waals surface area contributed by atoms with Gasteiger partial charge in [0.2, 0.25) is 11.8 Å². The number of carbonyl (C=O) groups is 3. The molecule has 1 fully saturated rings. The molecule has 0 bridgehead atoms. The van der Waals surface area contributed by atoms with E-state index in [4.69, 9.17) is 4.74 Å². The number of esters is 1. The highest BCUT2D eigenvalue weighted by molar-refractivity contribution is 5.97. The summed E-state index contributed by atoms with van der Waals surface area (Å²) in [5.74, 6) is -0.567. The van der Waals surface area contributed by atoms with Crippen LogP contribution >= 0.6 is 0 Å². The van der Waals surface area contributed by atoms with E-state index in [1.165, 1.54) is 7.11 Å². The van der Waals surface area contributed by atoms with Gasteiger partial charge < -0.3 is 19.5 Å². The third kappa shape index (κ3) is 3.55. The van der Waals surface area contributed by atoms with E-state index >= 15 is 0 Å². The Kier molecular flexibility index (Phi) is 5.33. The minimum Gasteiger partial charge on any atom is -0.465 e. The molecule has 36 heavy (non-hydrogen) atoms. The molecule has 2 aliphatic heterocycles. The second kappa shape index (κ2) is 8.68. The van der Waals surface area contributed by atoms with Crippen molar-refractivity contribution < 1.29 is 19.1 Å². The Labute approximate surface area is 208 Å². The molecule has 1 aromatic heterocycles. The summed E-state index contributed by atoms with van der Waals surface area (Å²) in [6, 6.07) is 23.8. The van der Waals surface area contributed by atoms with Crippen LogP contribution in [0.25, 0.3) is 10.9 Å².